The lowest BCUT2D eigenvalue weighted by atomic mass is 10.2. The number of amides is 1. The van der Waals surface area contributed by atoms with Gasteiger partial charge in [0.25, 0.3) is 0 Å². The highest BCUT2D eigenvalue weighted by atomic mass is 16.2. The van der Waals surface area contributed by atoms with E-state index in [0.29, 0.717) is 17.2 Å². The van der Waals surface area contributed by atoms with Gasteiger partial charge in [-0.05, 0) is 36.4 Å². The Morgan fingerprint density at radius 3 is 2.61 bits per heavy atom. The number of rotatable bonds is 4. The van der Waals surface area contributed by atoms with Gasteiger partial charge in [0.2, 0.25) is 5.91 Å². The number of carbonyl (C=O) groups is 1. The van der Waals surface area contributed by atoms with E-state index < -0.39 is 0 Å². The number of hydrogen-bond donors (Lipinski definition) is 1. The number of fused-ring (bicyclic) bond motifs is 4. The number of anilines is 1. The third-order valence-electron chi connectivity index (χ3n) is 5.18. The number of benzene rings is 2. The van der Waals surface area contributed by atoms with Crippen LogP contribution in [0.3, 0.4) is 0 Å². The molecular weight excluding hydrogens is 392 g/mol. The number of para-hydroxylation sites is 1. The van der Waals surface area contributed by atoms with Crippen LogP contribution in [0, 0.1) is 0 Å². The van der Waals surface area contributed by atoms with E-state index in [1.54, 1.807) is 6.20 Å². The van der Waals surface area contributed by atoms with E-state index >= 15 is 0 Å². The number of nitrogens with zero attached hydrogens (tertiary/aromatic N) is 5. The molecule has 0 saturated heterocycles. The van der Waals surface area contributed by atoms with Crippen molar-refractivity contribution in [2.75, 3.05) is 5.32 Å². The SMILES string of the molecule is CC(C)c1nc2ccccc2c2nn(CC(=O)Nc3cccc4ncccc34)c(=O)n12. The molecule has 31 heavy (non-hydrogen) atoms. The molecule has 0 unspecified atom stereocenters. The summed E-state index contributed by atoms with van der Waals surface area (Å²) in [7, 11) is 0. The van der Waals surface area contributed by atoms with Crippen LogP contribution in [0.2, 0.25) is 0 Å². The number of aromatic nitrogens is 5. The van der Waals surface area contributed by atoms with Crippen LogP contribution in [-0.2, 0) is 11.3 Å². The molecule has 0 aliphatic rings. The predicted octanol–water partition coefficient (Wildman–Crippen LogP) is 3.35. The fraction of sp³-hybridized carbons (Fsp3) is 0.174. The van der Waals surface area contributed by atoms with Gasteiger partial charge in [-0.3, -0.25) is 9.78 Å². The normalized spacial score (nSPS) is 11.6. The molecule has 3 heterocycles. The highest BCUT2D eigenvalue weighted by Gasteiger charge is 2.19. The van der Waals surface area contributed by atoms with E-state index in [1.165, 1.54) is 9.08 Å². The molecule has 5 rings (SSSR count). The second-order valence-corrected chi connectivity index (χ2v) is 7.66. The Morgan fingerprint density at radius 2 is 1.77 bits per heavy atom. The van der Waals surface area contributed by atoms with Crippen LogP contribution >= 0.6 is 0 Å². The van der Waals surface area contributed by atoms with Gasteiger partial charge in [-0.25, -0.2) is 18.9 Å². The van der Waals surface area contributed by atoms with Crippen molar-refractivity contribution in [2.24, 2.45) is 0 Å². The average molecular weight is 412 g/mol. The van der Waals surface area contributed by atoms with E-state index in [4.69, 9.17) is 0 Å². The van der Waals surface area contributed by atoms with Gasteiger partial charge in [0.1, 0.15) is 12.4 Å². The van der Waals surface area contributed by atoms with Gasteiger partial charge >= 0.3 is 5.69 Å². The Hall–Kier alpha value is -4.07. The lowest BCUT2D eigenvalue weighted by molar-refractivity contribution is -0.116. The standard InChI is InChI=1S/C23H20N6O2/c1-14(2)21-26-19-9-4-3-7-16(19)22-27-28(23(31)29(21)22)13-20(30)25-18-11-5-10-17-15(18)8-6-12-24-17/h3-12,14H,13H2,1-2H3,(H,25,30). The number of nitrogens with one attached hydrogen (secondary N) is 1. The molecule has 8 nitrogen and oxygen atoms in total. The van der Waals surface area contributed by atoms with E-state index in [9.17, 15) is 9.59 Å². The van der Waals surface area contributed by atoms with Crippen LogP contribution in [-0.4, -0.2) is 30.1 Å². The lowest BCUT2D eigenvalue weighted by Gasteiger charge is -2.08. The highest BCUT2D eigenvalue weighted by Crippen LogP contribution is 2.22. The minimum atomic E-state index is -0.383. The Balaban J connectivity index is 1.55. The smallest absolute Gasteiger partial charge is 0.324 e. The van der Waals surface area contributed by atoms with E-state index in [2.05, 4.69) is 20.4 Å². The van der Waals surface area contributed by atoms with Gasteiger partial charge in [-0.2, -0.15) is 0 Å². The Labute approximate surface area is 177 Å². The molecule has 154 valence electrons. The van der Waals surface area contributed by atoms with Crippen LogP contribution in [0.4, 0.5) is 5.69 Å². The van der Waals surface area contributed by atoms with Crippen LogP contribution in [0.15, 0.2) is 65.6 Å². The summed E-state index contributed by atoms with van der Waals surface area (Å²) in [6.45, 7) is 3.74. The molecule has 1 amide bonds. The van der Waals surface area contributed by atoms with Crippen LogP contribution < -0.4 is 11.0 Å². The topological polar surface area (TPSA) is 94.2 Å². The first kappa shape index (κ1) is 18.9. The minimum Gasteiger partial charge on any atom is -0.324 e. The maximum atomic E-state index is 13.1. The summed E-state index contributed by atoms with van der Waals surface area (Å²) < 4.78 is 2.69. The van der Waals surface area contributed by atoms with Gasteiger partial charge in [0.15, 0.2) is 5.65 Å². The molecule has 0 spiro atoms. The molecule has 0 aliphatic heterocycles. The molecule has 0 saturated carbocycles. The number of hydrogen-bond acceptors (Lipinski definition) is 5. The van der Waals surface area contributed by atoms with Crippen LogP contribution in [0.1, 0.15) is 25.6 Å². The molecule has 0 bridgehead atoms. The van der Waals surface area contributed by atoms with Gasteiger partial charge in [-0.1, -0.05) is 32.0 Å². The quantitative estimate of drug-likeness (QED) is 0.489. The van der Waals surface area contributed by atoms with E-state index in [-0.39, 0.29) is 24.1 Å². The summed E-state index contributed by atoms with van der Waals surface area (Å²) >= 11 is 0. The molecule has 3 aromatic heterocycles. The first-order valence-electron chi connectivity index (χ1n) is 10.0. The van der Waals surface area contributed by atoms with Crippen LogP contribution in [0.5, 0.6) is 0 Å². The van der Waals surface area contributed by atoms with Crippen molar-refractivity contribution in [3.05, 3.63) is 77.1 Å². The Kier molecular flexibility index (Phi) is 4.47. The van der Waals surface area contributed by atoms with Gasteiger partial charge in [0.05, 0.1) is 16.7 Å². The van der Waals surface area contributed by atoms with Crippen molar-refractivity contribution in [3.63, 3.8) is 0 Å². The zero-order valence-corrected chi connectivity index (χ0v) is 17.1. The molecule has 0 aliphatic carbocycles. The summed E-state index contributed by atoms with van der Waals surface area (Å²) in [6.07, 6.45) is 1.70. The molecule has 8 heteroatoms. The van der Waals surface area contributed by atoms with Crippen molar-refractivity contribution in [3.8, 4) is 0 Å². The largest absolute Gasteiger partial charge is 0.352 e. The molecule has 5 aromatic rings. The molecule has 0 fully saturated rings. The predicted molar refractivity (Wildman–Crippen MR) is 119 cm³/mol. The monoisotopic (exact) mass is 412 g/mol. The lowest BCUT2D eigenvalue weighted by Crippen LogP contribution is -2.29. The first-order chi connectivity index (χ1) is 15.0. The second-order valence-electron chi connectivity index (χ2n) is 7.66. The van der Waals surface area contributed by atoms with Gasteiger partial charge in [0, 0.05) is 22.9 Å². The second kappa shape index (κ2) is 7.32. The van der Waals surface area contributed by atoms with Gasteiger partial charge < -0.3 is 5.32 Å². The molecule has 0 radical (unpaired) electrons. The van der Waals surface area contributed by atoms with Crippen molar-refractivity contribution in [2.45, 2.75) is 26.3 Å². The zero-order valence-electron chi connectivity index (χ0n) is 17.1. The first-order valence-corrected chi connectivity index (χ1v) is 10.0. The molecule has 2 aromatic carbocycles. The van der Waals surface area contributed by atoms with Crippen molar-refractivity contribution in [1.29, 1.82) is 0 Å². The zero-order chi connectivity index (χ0) is 21.5. The number of pyridine rings is 1. The molecular formula is C23H20N6O2. The Bertz CT molecular complexity index is 1510. The fourth-order valence-corrected chi connectivity index (χ4v) is 3.75. The van der Waals surface area contributed by atoms with E-state index in [1.807, 2.05) is 68.4 Å². The van der Waals surface area contributed by atoms with E-state index in [0.717, 1.165) is 21.8 Å². The van der Waals surface area contributed by atoms with Crippen molar-refractivity contribution in [1.82, 2.24) is 24.1 Å². The third kappa shape index (κ3) is 3.22. The van der Waals surface area contributed by atoms with Crippen molar-refractivity contribution >= 4 is 39.0 Å². The summed E-state index contributed by atoms with van der Waals surface area (Å²) in [4.78, 5) is 34.9. The highest BCUT2D eigenvalue weighted by molar-refractivity contribution is 6.00. The fourth-order valence-electron chi connectivity index (χ4n) is 3.75. The van der Waals surface area contributed by atoms with Crippen molar-refractivity contribution < 1.29 is 4.79 Å². The van der Waals surface area contributed by atoms with Gasteiger partial charge in [-0.15, -0.1) is 5.10 Å². The third-order valence-corrected chi connectivity index (χ3v) is 5.18. The maximum Gasteiger partial charge on any atom is 0.352 e. The Morgan fingerprint density at radius 1 is 1.00 bits per heavy atom. The molecule has 0 atom stereocenters. The minimum absolute atomic E-state index is 0.0134. The summed E-state index contributed by atoms with van der Waals surface area (Å²) in [5.41, 5.74) is 2.31. The average Bonchev–Trinajstić information content (AvgIpc) is 3.09. The number of carbonyl (C=O) groups excluding carboxylic acids is 1. The molecule has 1 N–H and O–H groups in total. The summed E-state index contributed by atoms with van der Waals surface area (Å²) in [5.74, 6) is 0.287. The van der Waals surface area contributed by atoms with Crippen LogP contribution in [0.25, 0.3) is 27.5 Å². The maximum absolute atomic E-state index is 13.1. The summed E-state index contributed by atoms with van der Waals surface area (Å²) in [6, 6.07) is 16.8. The summed E-state index contributed by atoms with van der Waals surface area (Å²) in [5, 5.41) is 8.96.